The number of carbonyl (C=O) groups is 1. The topological polar surface area (TPSA) is 96.8 Å². The largest absolute Gasteiger partial charge is 0.340 e. The zero-order chi connectivity index (χ0) is 22.8. The van der Waals surface area contributed by atoms with Gasteiger partial charge in [-0.25, -0.2) is 19.9 Å². The molecule has 166 valence electrons. The summed E-state index contributed by atoms with van der Waals surface area (Å²) in [7, 11) is 0. The maximum Gasteiger partial charge on any atom is 0.219 e. The van der Waals surface area contributed by atoms with Crippen molar-refractivity contribution in [1.82, 2.24) is 29.8 Å². The van der Waals surface area contributed by atoms with Crippen LogP contribution >= 0.6 is 0 Å². The highest BCUT2D eigenvalue weighted by atomic mass is 16.2. The first-order valence-corrected chi connectivity index (χ1v) is 11.1. The minimum absolute atomic E-state index is 0.0762. The molecule has 0 radical (unpaired) electrons. The lowest BCUT2D eigenvalue weighted by Gasteiger charge is -2.37. The van der Waals surface area contributed by atoms with Crippen LogP contribution in [-0.4, -0.2) is 48.3 Å². The lowest BCUT2D eigenvalue weighted by molar-refractivity contribution is -0.132. The fourth-order valence-corrected chi connectivity index (χ4v) is 4.34. The number of aromatic nitrogens is 5. The minimum Gasteiger partial charge on any atom is -0.340 e. The summed E-state index contributed by atoms with van der Waals surface area (Å²) in [5.74, 6) is 1.60. The van der Waals surface area contributed by atoms with Gasteiger partial charge in [0.15, 0.2) is 0 Å². The van der Waals surface area contributed by atoms with E-state index in [0.717, 1.165) is 46.5 Å². The molecule has 4 aromatic rings. The fourth-order valence-electron chi connectivity index (χ4n) is 4.34. The van der Waals surface area contributed by atoms with Crippen LogP contribution in [0, 0.1) is 0 Å². The molecule has 0 spiro atoms. The van der Waals surface area contributed by atoms with E-state index in [1.54, 1.807) is 31.8 Å². The van der Waals surface area contributed by atoms with E-state index < -0.39 is 0 Å². The Balaban J connectivity index is 1.52. The summed E-state index contributed by atoms with van der Waals surface area (Å²) in [6, 6.07) is 12.0. The van der Waals surface area contributed by atoms with Crippen LogP contribution in [0.15, 0.2) is 61.3 Å². The van der Waals surface area contributed by atoms with Gasteiger partial charge in [-0.05, 0) is 50.1 Å². The van der Waals surface area contributed by atoms with Gasteiger partial charge >= 0.3 is 0 Å². The molecule has 0 unspecified atom stereocenters. The minimum atomic E-state index is 0.0762. The van der Waals surface area contributed by atoms with E-state index >= 15 is 0 Å². The molecule has 3 aromatic heterocycles. The van der Waals surface area contributed by atoms with E-state index in [2.05, 4.69) is 27.2 Å². The number of hydrogen-bond donors (Lipinski definition) is 1. The van der Waals surface area contributed by atoms with Crippen molar-refractivity contribution < 1.29 is 4.79 Å². The zero-order valence-corrected chi connectivity index (χ0v) is 18.6. The lowest BCUT2D eigenvalue weighted by Crippen LogP contribution is -2.44. The SMILES string of the molecule is CC(=O)N1C[C@H](c2nc(Nc3ccc4ncncc4c3)cc(-c3cccnc3)n2)CC[C@@H]1C. The number of benzene rings is 1. The van der Waals surface area contributed by atoms with Gasteiger partial charge in [0.1, 0.15) is 18.0 Å². The number of likely N-dealkylation sites (tertiary alicyclic amines) is 1. The van der Waals surface area contributed by atoms with Crippen molar-refractivity contribution in [2.75, 3.05) is 11.9 Å². The molecule has 4 heterocycles. The number of rotatable bonds is 4. The molecular formula is C25H25N7O. The molecule has 8 nitrogen and oxygen atoms in total. The molecule has 0 bridgehead atoms. The third kappa shape index (κ3) is 4.50. The van der Waals surface area contributed by atoms with Gasteiger partial charge in [0, 0.05) is 66.7 Å². The number of nitrogens with one attached hydrogen (secondary N) is 1. The van der Waals surface area contributed by atoms with Crippen molar-refractivity contribution in [3.63, 3.8) is 0 Å². The van der Waals surface area contributed by atoms with Crippen LogP contribution < -0.4 is 5.32 Å². The molecule has 0 saturated carbocycles. The van der Waals surface area contributed by atoms with Gasteiger partial charge in [0.25, 0.3) is 0 Å². The number of anilines is 2. The number of nitrogens with zero attached hydrogens (tertiary/aromatic N) is 6. The predicted octanol–water partition coefficient (Wildman–Crippen LogP) is 4.34. The molecule has 1 amide bonds. The number of piperidine rings is 1. The maximum atomic E-state index is 12.1. The highest BCUT2D eigenvalue weighted by Gasteiger charge is 2.30. The van der Waals surface area contributed by atoms with Crippen LogP contribution in [0.2, 0.25) is 0 Å². The quantitative estimate of drug-likeness (QED) is 0.505. The van der Waals surface area contributed by atoms with Crippen molar-refractivity contribution >= 4 is 28.3 Å². The molecule has 1 aliphatic heterocycles. The van der Waals surface area contributed by atoms with Crippen molar-refractivity contribution in [2.45, 2.75) is 38.6 Å². The molecule has 1 aliphatic rings. The van der Waals surface area contributed by atoms with Gasteiger partial charge in [0.05, 0.1) is 11.2 Å². The monoisotopic (exact) mass is 439 g/mol. The Kier molecular flexibility index (Phi) is 5.64. The molecule has 8 heteroatoms. The first-order valence-electron chi connectivity index (χ1n) is 11.1. The van der Waals surface area contributed by atoms with Crippen molar-refractivity contribution in [3.05, 3.63) is 67.1 Å². The first kappa shape index (κ1) is 20.9. The Morgan fingerprint density at radius 1 is 1.09 bits per heavy atom. The van der Waals surface area contributed by atoms with E-state index in [4.69, 9.17) is 9.97 Å². The Morgan fingerprint density at radius 3 is 2.82 bits per heavy atom. The summed E-state index contributed by atoms with van der Waals surface area (Å²) in [6.07, 6.45) is 8.75. The van der Waals surface area contributed by atoms with E-state index in [1.165, 1.54) is 0 Å². The first-order chi connectivity index (χ1) is 16.1. The van der Waals surface area contributed by atoms with Crippen LogP contribution in [0.5, 0.6) is 0 Å². The summed E-state index contributed by atoms with van der Waals surface area (Å²) >= 11 is 0. The van der Waals surface area contributed by atoms with Gasteiger partial charge in [-0.3, -0.25) is 9.78 Å². The molecular weight excluding hydrogens is 414 g/mol. The fraction of sp³-hybridized carbons (Fsp3) is 0.280. The second-order valence-electron chi connectivity index (χ2n) is 8.45. The average molecular weight is 440 g/mol. The number of hydrogen-bond acceptors (Lipinski definition) is 7. The average Bonchev–Trinajstić information content (AvgIpc) is 2.84. The Bertz CT molecular complexity index is 1290. The van der Waals surface area contributed by atoms with Gasteiger partial charge < -0.3 is 10.2 Å². The van der Waals surface area contributed by atoms with Crippen LogP contribution in [-0.2, 0) is 4.79 Å². The molecule has 1 saturated heterocycles. The Morgan fingerprint density at radius 2 is 2.00 bits per heavy atom. The Labute approximate surface area is 192 Å². The van der Waals surface area contributed by atoms with Crippen LogP contribution in [0.1, 0.15) is 38.4 Å². The summed E-state index contributed by atoms with van der Waals surface area (Å²) in [4.78, 5) is 36.5. The number of pyridine rings is 1. The van der Waals surface area contributed by atoms with Gasteiger partial charge in [0.2, 0.25) is 5.91 Å². The molecule has 0 aliphatic carbocycles. The summed E-state index contributed by atoms with van der Waals surface area (Å²) in [6.45, 7) is 4.35. The van der Waals surface area contributed by atoms with E-state index in [-0.39, 0.29) is 17.9 Å². The van der Waals surface area contributed by atoms with Crippen LogP contribution in [0.3, 0.4) is 0 Å². The highest BCUT2D eigenvalue weighted by Crippen LogP contribution is 2.31. The molecule has 33 heavy (non-hydrogen) atoms. The van der Waals surface area contributed by atoms with Crippen molar-refractivity contribution in [1.29, 1.82) is 0 Å². The van der Waals surface area contributed by atoms with Crippen molar-refractivity contribution in [3.8, 4) is 11.3 Å². The van der Waals surface area contributed by atoms with Gasteiger partial charge in [-0.2, -0.15) is 0 Å². The van der Waals surface area contributed by atoms with E-state index in [0.29, 0.717) is 12.4 Å². The van der Waals surface area contributed by atoms with E-state index in [9.17, 15) is 4.79 Å². The molecule has 1 N–H and O–H groups in total. The zero-order valence-electron chi connectivity index (χ0n) is 18.6. The highest BCUT2D eigenvalue weighted by molar-refractivity contribution is 5.82. The summed E-state index contributed by atoms with van der Waals surface area (Å²) in [5, 5.41) is 4.37. The smallest absolute Gasteiger partial charge is 0.219 e. The number of fused-ring (bicyclic) bond motifs is 1. The maximum absolute atomic E-state index is 12.1. The van der Waals surface area contributed by atoms with Gasteiger partial charge in [-0.1, -0.05) is 0 Å². The molecule has 5 rings (SSSR count). The predicted molar refractivity (Wildman–Crippen MR) is 127 cm³/mol. The molecule has 1 fully saturated rings. The molecule has 1 aromatic carbocycles. The van der Waals surface area contributed by atoms with E-state index in [1.807, 2.05) is 41.3 Å². The van der Waals surface area contributed by atoms with Gasteiger partial charge in [-0.15, -0.1) is 0 Å². The summed E-state index contributed by atoms with van der Waals surface area (Å²) in [5.41, 5.74) is 3.49. The third-order valence-electron chi connectivity index (χ3n) is 6.13. The molecule has 2 atom stereocenters. The third-order valence-corrected chi connectivity index (χ3v) is 6.13. The normalized spacial score (nSPS) is 18.3. The van der Waals surface area contributed by atoms with Crippen molar-refractivity contribution in [2.24, 2.45) is 0 Å². The number of carbonyl (C=O) groups excluding carboxylic acids is 1. The van der Waals surface area contributed by atoms with Crippen LogP contribution in [0.25, 0.3) is 22.2 Å². The lowest BCUT2D eigenvalue weighted by atomic mass is 9.92. The van der Waals surface area contributed by atoms with Crippen LogP contribution in [0.4, 0.5) is 11.5 Å². The second-order valence-corrected chi connectivity index (χ2v) is 8.45. The Hall–Kier alpha value is -3.94. The number of amides is 1. The second kappa shape index (κ2) is 8.90. The summed E-state index contributed by atoms with van der Waals surface area (Å²) < 4.78 is 0. The standard InChI is InChI=1S/C25H25N7O/c1-16-5-6-19(14-32(16)17(2)33)25-30-23(18-4-3-9-26-12-18)11-24(31-25)29-21-7-8-22-20(10-21)13-27-15-28-22/h3-4,7-13,15-16,19H,5-6,14H2,1-2H3,(H,29,30,31)/t16-,19+/m0/s1.